The lowest BCUT2D eigenvalue weighted by Crippen LogP contribution is -2.39. The highest BCUT2D eigenvalue weighted by molar-refractivity contribution is 7.89. The third kappa shape index (κ3) is 3.55. The maximum absolute atomic E-state index is 12.1. The van der Waals surface area contributed by atoms with E-state index < -0.39 is 10.0 Å². The Morgan fingerprint density at radius 2 is 2.05 bits per heavy atom. The lowest BCUT2D eigenvalue weighted by Gasteiger charge is -2.19. The monoisotopic (exact) mass is 282 g/mol. The fraction of sp³-hybridized carbons (Fsp3) is 0.571. The Bertz CT molecular complexity index is 540. The summed E-state index contributed by atoms with van der Waals surface area (Å²) >= 11 is 0. The van der Waals surface area contributed by atoms with Crippen molar-refractivity contribution in [3.63, 3.8) is 0 Å². The van der Waals surface area contributed by atoms with Crippen LogP contribution in [0.25, 0.3) is 0 Å². The molecule has 1 aliphatic carbocycles. The van der Waals surface area contributed by atoms with E-state index in [2.05, 4.69) is 4.72 Å². The van der Waals surface area contributed by atoms with E-state index in [0.717, 1.165) is 17.5 Å². The van der Waals surface area contributed by atoms with Crippen LogP contribution in [0.4, 0.5) is 0 Å². The minimum absolute atomic E-state index is 0.163. The van der Waals surface area contributed by atoms with Gasteiger partial charge in [0.1, 0.15) is 0 Å². The molecule has 0 saturated carbocycles. The van der Waals surface area contributed by atoms with E-state index in [4.69, 9.17) is 5.73 Å². The van der Waals surface area contributed by atoms with Gasteiger partial charge in [-0.15, -0.1) is 0 Å². The molecule has 0 bridgehead atoms. The minimum Gasteiger partial charge on any atom is -0.326 e. The molecular formula is C14H22N2O2S. The molecule has 0 saturated heterocycles. The Kier molecular flexibility index (Phi) is 4.28. The van der Waals surface area contributed by atoms with E-state index in [1.165, 1.54) is 0 Å². The third-order valence-corrected chi connectivity index (χ3v) is 4.93. The van der Waals surface area contributed by atoms with E-state index in [0.29, 0.717) is 12.3 Å². The van der Waals surface area contributed by atoms with Crippen LogP contribution in [0, 0.1) is 5.92 Å². The van der Waals surface area contributed by atoms with Crippen molar-refractivity contribution in [2.24, 2.45) is 11.7 Å². The molecule has 0 amide bonds. The molecule has 0 heterocycles. The van der Waals surface area contributed by atoms with Crippen molar-refractivity contribution >= 4 is 10.0 Å². The molecule has 1 aliphatic rings. The first-order valence-electron chi connectivity index (χ1n) is 6.72. The number of sulfonamides is 1. The molecule has 0 aromatic heterocycles. The van der Waals surface area contributed by atoms with Crippen molar-refractivity contribution < 1.29 is 8.42 Å². The van der Waals surface area contributed by atoms with Crippen molar-refractivity contribution in [1.82, 2.24) is 4.72 Å². The summed E-state index contributed by atoms with van der Waals surface area (Å²) < 4.78 is 26.9. The van der Waals surface area contributed by atoms with Gasteiger partial charge in [0.15, 0.2) is 0 Å². The third-order valence-electron chi connectivity index (χ3n) is 3.54. The molecule has 2 rings (SSSR count). The molecule has 0 aliphatic heterocycles. The summed E-state index contributed by atoms with van der Waals surface area (Å²) in [6, 6.07) is 7.39. The summed E-state index contributed by atoms with van der Waals surface area (Å²) in [5, 5.41) is 0. The van der Waals surface area contributed by atoms with Gasteiger partial charge in [0.25, 0.3) is 0 Å². The zero-order chi connectivity index (χ0) is 14.0. The first-order valence-corrected chi connectivity index (χ1v) is 8.37. The van der Waals surface area contributed by atoms with Crippen molar-refractivity contribution in [1.29, 1.82) is 0 Å². The number of fused-ring (bicyclic) bond motifs is 1. The topological polar surface area (TPSA) is 72.2 Å². The zero-order valence-electron chi connectivity index (χ0n) is 11.5. The van der Waals surface area contributed by atoms with Crippen LogP contribution in [-0.4, -0.2) is 20.2 Å². The summed E-state index contributed by atoms with van der Waals surface area (Å²) in [6.45, 7) is 4.04. The Hall–Kier alpha value is -0.910. The standard InChI is InChI=1S/C14H22N2O2S/c1-10(2)7-8-19(17,18)16-14-12-6-4-3-5-11(12)9-13(14)15/h3-6,10,13-14,16H,7-9,15H2,1-2H3. The maximum Gasteiger partial charge on any atom is 0.212 e. The highest BCUT2D eigenvalue weighted by Crippen LogP contribution is 2.30. The van der Waals surface area contributed by atoms with Crippen molar-refractivity contribution in [2.75, 3.05) is 5.75 Å². The molecule has 1 aromatic carbocycles. The van der Waals surface area contributed by atoms with Gasteiger partial charge in [-0.3, -0.25) is 0 Å². The van der Waals surface area contributed by atoms with Gasteiger partial charge in [-0.1, -0.05) is 38.1 Å². The van der Waals surface area contributed by atoms with Crippen molar-refractivity contribution in [3.05, 3.63) is 35.4 Å². The van der Waals surface area contributed by atoms with Crippen molar-refractivity contribution in [2.45, 2.75) is 38.8 Å². The molecule has 4 nitrogen and oxygen atoms in total. The van der Waals surface area contributed by atoms with E-state index in [9.17, 15) is 8.42 Å². The van der Waals surface area contributed by atoms with Crippen LogP contribution in [0.1, 0.15) is 37.4 Å². The van der Waals surface area contributed by atoms with Gasteiger partial charge >= 0.3 is 0 Å². The Morgan fingerprint density at radius 3 is 2.74 bits per heavy atom. The molecule has 106 valence electrons. The fourth-order valence-electron chi connectivity index (χ4n) is 2.42. The number of hydrogen-bond donors (Lipinski definition) is 2. The van der Waals surface area contributed by atoms with Gasteiger partial charge in [0.05, 0.1) is 11.8 Å². The molecule has 0 fully saturated rings. The van der Waals surface area contributed by atoms with Gasteiger partial charge < -0.3 is 5.73 Å². The predicted molar refractivity (Wildman–Crippen MR) is 77.2 cm³/mol. The second-order valence-electron chi connectivity index (χ2n) is 5.66. The van der Waals surface area contributed by atoms with Crippen LogP contribution >= 0.6 is 0 Å². The van der Waals surface area contributed by atoms with Crippen LogP contribution in [0.5, 0.6) is 0 Å². The average molecular weight is 282 g/mol. The summed E-state index contributed by atoms with van der Waals surface area (Å²) in [5.41, 5.74) is 8.23. The Morgan fingerprint density at radius 1 is 1.37 bits per heavy atom. The number of hydrogen-bond acceptors (Lipinski definition) is 3. The van der Waals surface area contributed by atoms with Gasteiger partial charge in [0, 0.05) is 6.04 Å². The largest absolute Gasteiger partial charge is 0.326 e. The maximum atomic E-state index is 12.1. The molecule has 1 aromatic rings. The van der Waals surface area contributed by atoms with Crippen LogP contribution in [0.2, 0.25) is 0 Å². The average Bonchev–Trinajstić information content (AvgIpc) is 2.64. The zero-order valence-corrected chi connectivity index (χ0v) is 12.3. The molecule has 19 heavy (non-hydrogen) atoms. The van der Waals surface area contributed by atoms with Gasteiger partial charge in [-0.2, -0.15) is 0 Å². The molecule has 0 spiro atoms. The number of nitrogens with two attached hydrogens (primary N) is 1. The molecule has 2 unspecified atom stereocenters. The van der Waals surface area contributed by atoms with E-state index in [1.54, 1.807) is 0 Å². The van der Waals surface area contributed by atoms with Gasteiger partial charge in [-0.05, 0) is 29.9 Å². The lowest BCUT2D eigenvalue weighted by molar-refractivity contribution is 0.511. The summed E-state index contributed by atoms with van der Waals surface area (Å²) in [5.74, 6) is 0.539. The van der Waals surface area contributed by atoms with Gasteiger partial charge in [-0.25, -0.2) is 13.1 Å². The lowest BCUT2D eigenvalue weighted by atomic mass is 10.1. The van der Waals surface area contributed by atoms with Crippen molar-refractivity contribution in [3.8, 4) is 0 Å². The molecule has 2 atom stereocenters. The summed E-state index contributed by atoms with van der Waals surface area (Å²) in [6.07, 6.45) is 1.40. The normalized spacial score (nSPS) is 22.7. The smallest absolute Gasteiger partial charge is 0.212 e. The Labute approximate surface area is 115 Å². The van der Waals surface area contributed by atoms with Crippen LogP contribution in [0.15, 0.2) is 24.3 Å². The van der Waals surface area contributed by atoms with E-state index in [1.807, 2.05) is 38.1 Å². The number of rotatable bonds is 5. The molecular weight excluding hydrogens is 260 g/mol. The molecule has 0 radical (unpaired) electrons. The van der Waals surface area contributed by atoms with E-state index in [-0.39, 0.29) is 17.8 Å². The van der Waals surface area contributed by atoms with Crippen LogP contribution in [-0.2, 0) is 16.4 Å². The highest BCUT2D eigenvalue weighted by atomic mass is 32.2. The first-order chi connectivity index (χ1) is 8.89. The summed E-state index contributed by atoms with van der Waals surface area (Å²) in [7, 11) is -3.27. The predicted octanol–water partition coefficient (Wildman–Crippen LogP) is 1.58. The van der Waals surface area contributed by atoms with E-state index >= 15 is 0 Å². The SMILES string of the molecule is CC(C)CCS(=O)(=O)NC1c2ccccc2CC1N. The minimum atomic E-state index is -3.27. The van der Waals surface area contributed by atoms with Crippen LogP contribution < -0.4 is 10.5 Å². The van der Waals surface area contributed by atoms with Gasteiger partial charge in [0.2, 0.25) is 10.0 Å². The number of benzene rings is 1. The first kappa shape index (κ1) is 14.5. The second kappa shape index (κ2) is 5.61. The second-order valence-corrected chi connectivity index (χ2v) is 7.54. The van der Waals surface area contributed by atoms with Crippen LogP contribution in [0.3, 0.4) is 0 Å². The quantitative estimate of drug-likeness (QED) is 0.861. The summed E-state index contributed by atoms with van der Waals surface area (Å²) in [4.78, 5) is 0. The Balaban J connectivity index is 2.11. The molecule has 5 heteroatoms. The highest BCUT2D eigenvalue weighted by Gasteiger charge is 2.32. The fourth-order valence-corrected chi connectivity index (χ4v) is 4.01. The number of nitrogens with one attached hydrogen (secondary N) is 1. The molecule has 3 N–H and O–H groups in total.